The minimum Gasteiger partial charge on any atom is -0.493 e. The Morgan fingerprint density at radius 1 is 0.912 bits per heavy atom. The smallest absolute Gasteiger partial charge is 0.363 e. The summed E-state index contributed by atoms with van der Waals surface area (Å²) in [5.74, 6) is -7.31. The van der Waals surface area contributed by atoms with Gasteiger partial charge >= 0.3 is 17.9 Å². The second-order valence-electron chi connectivity index (χ2n) is 13.3. The van der Waals surface area contributed by atoms with Gasteiger partial charge in [0.05, 0.1) is 42.8 Å². The average molecular weight is 797 g/mol. The Bertz CT molecular complexity index is 1910. The molecule has 1 aromatic heterocycles. The van der Waals surface area contributed by atoms with Crippen molar-refractivity contribution in [2.75, 3.05) is 13.3 Å². The molecule has 4 amide bonds. The first-order valence-electron chi connectivity index (χ1n) is 18.6. The van der Waals surface area contributed by atoms with E-state index in [0.29, 0.717) is 30.4 Å². The van der Waals surface area contributed by atoms with E-state index in [4.69, 9.17) is 19.1 Å². The van der Waals surface area contributed by atoms with Crippen molar-refractivity contribution >= 4 is 42.0 Å². The summed E-state index contributed by atoms with van der Waals surface area (Å²) in [6, 6.07) is 8.23. The molecular formula is C40H49FN4O12. The maximum absolute atomic E-state index is 14.0. The first-order chi connectivity index (χ1) is 27.1. The number of nitrogens with zero attached hydrogens (tertiary/aromatic N) is 1. The molecule has 0 spiro atoms. The standard InChI is InChI=1S/C40H49FN4O12/c1-6-9-10-11-27(31(7-2)45(22-46)57-40(54)26-15-13-25(41)19-29(26)23(4)5)36(49)42-21-43-38(51)33-17-16-32(56-33)24-12-14-28(34(18-24)55-8-3)37(50)44-30(39(52)53)20-35(47)48/h12-19,22-23,27,30-31H,6-11,20-21H2,1-5H3,(H,42,49)(H,43,51)(H,44,50)(H,47,48)(H,52,53)/t27?,30?,31-/m1/s1. The number of amides is 4. The monoisotopic (exact) mass is 796 g/mol. The summed E-state index contributed by atoms with van der Waals surface area (Å²) in [5.41, 5.74) is 0.822. The summed E-state index contributed by atoms with van der Waals surface area (Å²) in [6.45, 7) is 8.77. The average Bonchev–Trinajstić information content (AvgIpc) is 3.67. The lowest BCUT2D eigenvalue weighted by Crippen LogP contribution is -2.49. The molecule has 2 aromatic carbocycles. The SMILES string of the molecule is CCCCCC(C(=O)NCNC(=O)c1ccc(-c2ccc(C(=O)NC(CC(=O)O)C(=O)O)c(OCC)c2)o1)[C@@H](CC)N(C=O)OC(=O)c1ccc(F)cc1C(C)C. The highest BCUT2D eigenvalue weighted by Gasteiger charge is 2.34. The van der Waals surface area contributed by atoms with Crippen LogP contribution < -0.4 is 20.7 Å². The van der Waals surface area contributed by atoms with E-state index in [9.17, 15) is 43.1 Å². The number of carboxylic acids is 2. The van der Waals surface area contributed by atoms with Gasteiger partial charge in [-0.1, -0.05) is 53.0 Å². The molecule has 0 aliphatic rings. The highest BCUT2D eigenvalue weighted by atomic mass is 19.1. The third-order valence-electron chi connectivity index (χ3n) is 8.95. The molecule has 57 heavy (non-hydrogen) atoms. The number of unbranched alkanes of at least 4 members (excludes halogenated alkanes) is 2. The van der Waals surface area contributed by atoms with Crippen LogP contribution >= 0.6 is 0 Å². The van der Waals surface area contributed by atoms with Crippen LogP contribution in [0.4, 0.5) is 4.39 Å². The topological polar surface area (TPSA) is 231 Å². The Labute approximate surface area is 329 Å². The number of rotatable bonds is 23. The molecule has 5 N–H and O–H groups in total. The largest absolute Gasteiger partial charge is 0.493 e. The molecule has 0 radical (unpaired) electrons. The Balaban J connectivity index is 1.72. The van der Waals surface area contributed by atoms with Crippen molar-refractivity contribution in [2.45, 2.75) is 91.1 Å². The molecule has 0 aliphatic heterocycles. The number of benzene rings is 2. The highest BCUT2D eigenvalue weighted by Crippen LogP contribution is 2.30. The number of hydroxylamine groups is 2. The van der Waals surface area contributed by atoms with Crippen LogP contribution in [-0.4, -0.2) is 82.7 Å². The molecule has 3 aromatic rings. The van der Waals surface area contributed by atoms with Gasteiger partial charge in [0, 0.05) is 5.56 Å². The first-order valence-corrected chi connectivity index (χ1v) is 18.6. The van der Waals surface area contributed by atoms with E-state index in [1.54, 1.807) is 27.7 Å². The number of carbonyl (C=O) groups is 7. The van der Waals surface area contributed by atoms with E-state index in [2.05, 4.69) is 16.0 Å². The van der Waals surface area contributed by atoms with E-state index in [1.165, 1.54) is 42.5 Å². The fourth-order valence-corrected chi connectivity index (χ4v) is 6.06. The van der Waals surface area contributed by atoms with Crippen molar-refractivity contribution in [1.82, 2.24) is 21.0 Å². The molecule has 3 atom stereocenters. The number of aliphatic carboxylic acids is 2. The van der Waals surface area contributed by atoms with Gasteiger partial charge in [-0.05, 0) is 73.7 Å². The third-order valence-corrected chi connectivity index (χ3v) is 8.95. The molecule has 16 nitrogen and oxygen atoms in total. The van der Waals surface area contributed by atoms with Gasteiger partial charge in [0.1, 0.15) is 23.4 Å². The zero-order valence-electron chi connectivity index (χ0n) is 32.5. The van der Waals surface area contributed by atoms with Gasteiger partial charge in [-0.3, -0.25) is 24.0 Å². The summed E-state index contributed by atoms with van der Waals surface area (Å²) in [4.78, 5) is 93.0. The summed E-state index contributed by atoms with van der Waals surface area (Å²) >= 11 is 0. The quantitative estimate of drug-likeness (QED) is 0.0358. The van der Waals surface area contributed by atoms with Crippen LogP contribution in [-0.2, 0) is 24.0 Å². The Morgan fingerprint density at radius 3 is 2.25 bits per heavy atom. The van der Waals surface area contributed by atoms with Crippen LogP contribution in [0.3, 0.4) is 0 Å². The van der Waals surface area contributed by atoms with E-state index in [-0.39, 0.29) is 54.0 Å². The Hall–Kier alpha value is -6.26. The molecule has 0 saturated carbocycles. The third kappa shape index (κ3) is 12.6. The van der Waals surface area contributed by atoms with Crippen LogP contribution in [0.5, 0.6) is 5.75 Å². The van der Waals surface area contributed by atoms with Crippen LogP contribution in [0.15, 0.2) is 52.9 Å². The van der Waals surface area contributed by atoms with Crippen molar-refractivity contribution in [2.24, 2.45) is 5.92 Å². The lowest BCUT2D eigenvalue weighted by Gasteiger charge is -2.32. The lowest BCUT2D eigenvalue weighted by atomic mass is 9.90. The van der Waals surface area contributed by atoms with Gasteiger partial charge in [-0.25, -0.2) is 14.0 Å². The van der Waals surface area contributed by atoms with Crippen LogP contribution in [0.25, 0.3) is 11.3 Å². The van der Waals surface area contributed by atoms with Gasteiger partial charge in [-0.2, -0.15) is 5.06 Å². The predicted molar refractivity (Wildman–Crippen MR) is 202 cm³/mol. The molecule has 0 fully saturated rings. The first kappa shape index (κ1) is 45.1. The molecule has 0 aliphatic carbocycles. The molecule has 308 valence electrons. The van der Waals surface area contributed by atoms with Gasteiger partial charge in [-0.15, -0.1) is 0 Å². The molecule has 2 unspecified atom stereocenters. The van der Waals surface area contributed by atoms with Crippen LogP contribution in [0.1, 0.15) is 116 Å². The summed E-state index contributed by atoms with van der Waals surface area (Å²) in [6.07, 6.45) is 2.36. The summed E-state index contributed by atoms with van der Waals surface area (Å²) in [7, 11) is 0. The normalized spacial score (nSPS) is 12.5. The van der Waals surface area contributed by atoms with Gasteiger partial charge in [0.2, 0.25) is 12.3 Å². The minimum absolute atomic E-state index is 0.0506. The van der Waals surface area contributed by atoms with E-state index in [0.717, 1.165) is 24.0 Å². The fraction of sp³-hybridized carbons (Fsp3) is 0.425. The molecule has 17 heteroatoms. The van der Waals surface area contributed by atoms with Crippen molar-refractivity contribution in [3.63, 3.8) is 0 Å². The van der Waals surface area contributed by atoms with E-state index >= 15 is 0 Å². The molecule has 0 saturated heterocycles. The zero-order chi connectivity index (χ0) is 42.2. The minimum atomic E-state index is -1.68. The predicted octanol–water partition coefficient (Wildman–Crippen LogP) is 5.27. The lowest BCUT2D eigenvalue weighted by molar-refractivity contribution is -0.171. The van der Waals surface area contributed by atoms with Gasteiger partial charge < -0.3 is 40.2 Å². The fourth-order valence-electron chi connectivity index (χ4n) is 6.06. The maximum atomic E-state index is 14.0. The molecule has 3 rings (SSSR count). The van der Waals surface area contributed by atoms with E-state index < -0.39 is 65.9 Å². The molecular weight excluding hydrogens is 747 g/mol. The number of ether oxygens (including phenoxy) is 1. The number of nitrogens with one attached hydrogen (secondary N) is 3. The van der Waals surface area contributed by atoms with Crippen molar-refractivity contribution in [3.8, 4) is 17.1 Å². The summed E-state index contributed by atoms with van der Waals surface area (Å²) < 4.78 is 25.3. The number of halogens is 1. The molecule has 1 heterocycles. The highest BCUT2D eigenvalue weighted by molar-refractivity contribution is 6.00. The molecule has 0 bridgehead atoms. The van der Waals surface area contributed by atoms with Crippen LogP contribution in [0, 0.1) is 11.7 Å². The number of carboxylic acid groups (broad SMARTS) is 2. The van der Waals surface area contributed by atoms with Crippen molar-refractivity contribution < 1.29 is 62.2 Å². The Kier molecular flexibility index (Phi) is 17.2. The van der Waals surface area contributed by atoms with Gasteiger partial charge in [0.25, 0.3) is 11.8 Å². The van der Waals surface area contributed by atoms with Crippen molar-refractivity contribution in [3.05, 3.63) is 76.8 Å². The van der Waals surface area contributed by atoms with Crippen molar-refractivity contribution in [1.29, 1.82) is 0 Å². The maximum Gasteiger partial charge on any atom is 0.363 e. The number of carbonyl (C=O) groups excluding carboxylic acids is 5. The van der Waals surface area contributed by atoms with Crippen LogP contribution in [0.2, 0.25) is 0 Å². The van der Waals surface area contributed by atoms with Gasteiger partial charge in [0.15, 0.2) is 5.76 Å². The zero-order valence-corrected chi connectivity index (χ0v) is 32.5. The summed E-state index contributed by atoms with van der Waals surface area (Å²) in [5, 5.41) is 26.5. The Morgan fingerprint density at radius 2 is 1.63 bits per heavy atom. The second kappa shape index (κ2) is 21.7. The second-order valence-corrected chi connectivity index (χ2v) is 13.3. The van der Waals surface area contributed by atoms with E-state index in [1.807, 2.05) is 6.92 Å². The number of hydrogen-bond donors (Lipinski definition) is 5. The number of furan rings is 1. The number of hydrogen-bond acceptors (Lipinski definition) is 10.